The van der Waals surface area contributed by atoms with E-state index in [0.717, 1.165) is 21.4 Å². The van der Waals surface area contributed by atoms with Crippen molar-refractivity contribution in [3.8, 4) is 0 Å². The second-order valence-electron chi connectivity index (χ2n) is 4.85. The van der Waals surface area contributed by atoms with Crippen molar-refractivity contribution < 1.29 is 9.85 Å². The van der Waals surface area contributed by atoms with Crippen LogP contribution in [0.2, 0.25) is 0 Å². The van der Waals surface area contributed by atoms with Gasteiger partial charge >= 0.3 is 5.69 Å². The molecule has 0 amide bonds. The van der Waals surface area contributed by atoms with Crippen LogP contribution in [0.15, 0.2) is 29.4 Å². The number of rotatable bonds is 5. The van der Waals surface area contributed by atoms with Crippen molar-refractivity contribution in [2.24, 2.45) is 5.10 Å². The zero-order chi connectivity index (χ0) is 17.1. The Labute approximate surface area is 135 Å². The van der Waals surface area contributed by atoms with Gasteiger partial charge in [-0.1, -0.05) is 0 Å². The lowest BCUT2D eigenvalue weighted by Gasteiger charge is -2.04. The highest BCUT2D eigenvalue weighted by molar-refractivity contribution is 7.12. The topological polar surface area (TPSA) is 111 Å². The summed E-state index contributed by atoms with van der Waals surface area (Å²) in [6.45, 7) is 5.75. The van der Waals surface area contributed by atoms with Gasteiger partial charge in [0.25, 0.3) is 5.69 Å². The summed E-state index contributed by atoms with van der Waals surface area (Å²) in [6.07, 6.45) is 0. The van der Waals surface area contributed by atoms with Gasteiger partial charge < -0.3 is 0 Å². The molecule has 0 atom stereocenters. The summed E-state index contributed by atoms with van der Waals surface area (Å²) < 4.78 is 0. The Balaban J connectivity index is 2.32. The van der Waals surface area contributed by atoms with E-state index < -0.39 is 15.5 Å². The molecule has 0 spiro atoms. The SMILES string of the molecule is C/C(=N/Nc1ccc([N+](=O)[O-])cc1[N+](=O)[O-])c1cc(C)sc1C. The van der Waals surface area contributed by atoms with Crippen LogP contribution in [-0.2, 0) is 0 Å². The summed E-state index contributed by atoms with van der Waals surface area (Å²) in [4.78, 5) is 22.7. The molecule has 0 aliphatic rings. The van der Waals surface area contributed by atoms with E-state index in [1.165, 1.54) is 12.1 Å². The van der Waals surface area contributed by atoms with Gasteiger partial charge in [0.15, 0.2) is 0 Å². The number of nitrogens with one attached hydrogen (secondary N) is 1. The Hall–Kier alpha value is -2.81. The predicted octanol–water partition coefficient (Wildman–Crippen LogP) is 4.02. The molecule has 9 heteroatoms. The van der Waals surface area contributed by atoms with Crippen LogP contribution < -0.4 is 5.43 Å². The first-order valence-electron chi connectivity index (χ1n) is 6.60. The molecule has 0 saturated carbocycles. The lowest BCUT2D eigenvalue weighted by atomic mass is 10.2. The second-order valence-corrected chi connectivity index (χ2v) is 6.31. The number of nitrogens with zero attached hydrogens (tertiary/aromatic N) is 3. The van der Waals surface area contributed by atoms with Crippen LogP contribution in [0.1, 0.15) is 22.2 Å². The molecule has 0 aliphatic heterocycles. The largest absolute Gasteiger partial charge is 0.301 e. The molecule has 120 valence electrons. The molecule has 0 bridgehead atoms. The summed E-state index contributed by atoms with van der Waals surface area (Å²) in [5.74, 6) is 0. The van der Waals surface area contributed by atoms with Crippen LogP contribution in [0, 0.1) is 34.1 Å². The molecule has 0 unspecified atom stereocenters. The molecule has 0 radical (unpaired) electrons. The number of anilines is 1. The molecule has 1 aromatic heterocycles. The maximum absolute atomic E-state index is 11.1. The summed E-state index contributed by atoms with van der Waals surface area (Å²) in [7, 11) is 0. The molecular weight excluding hydrogens is 320 g/mol. The van der Waals surface area contributed by atoms with Crippen LogP contribution in [0.5, 0.6) is 0 Å². The van der Waals surface area contributed by atoms with Gasteiger partial charge in [-0.2, -0.15) is 5.10 Å². The number of hydrogen-bond acceptors (Lipinski definition) is 7. The minimum absolute atomic E-state index is 0.101. The average Bonchev–Trinajstić information content (AvgIpc) is 2.83. The number of nitro benzene ring substituents is 2. The lowest BCUT2D eigenvalue weighted by molar-refractivity contribution is -0.393. The van der Waals surface area contributed by atoms with Gasteiger partial charge in [0.1, 0.15) is 5.69 Å². The third-order valence-corrected chi connectivity index (χ3v) is 4.13. The Morgan fingerprint density at radius 3 is 2.39 bits per heavy atom. The van der Waals surface area contributed by atoms with Crippen molar-refractivity contribution >= 4 is 34.1 Å². The van der Waals surface area contributed by atoms with E-state index in [9.17, 15) is 20.2 Å². The molecule has 1 aromatic carbocycles. The van der Waals surface area contributed by atoms with Crippen molar-refractivity contribution in [1.29, 1.82) is 0 Å². The molecular formula is C14H14N4O4S. The van der Waals surface area contributed by atoms with E-state index in [1.807, 2.05) is 19.9 Å². The molecule has 1 heterocycles. The Kier molecular flexibility index (Phi) is 4.70. The van der Waals surface area contributed by atoms with Crippen molar-refractivity contribution in [1.82, 2.24) is 0 Å². The van der Waals surface area contributed by atoms with Crippen LogP contribution in [0.4, 0.5) is 17.1 Å². The van der Waals surface area contributed by atoms with E-state index in [1.54, 1.807) is 18.3 Å². The molecule has 0 aliphatic carbocycles. The fraction of sp³-hybridized carbons (Fsp3) is 0.214. The van der Waals surface area contributed by atoms with Gasteiger partial charge in [0, 0.05) is 21.4 Å². The van der Waals surface area contributed by atoms with Crippen LogP contribution in [0.25, 0.3) is 0 Å². The zero-order valence-electron chi connectivity index (χ0n) is 12.7. The van der Waals surface area contributed by atoms with E-state index in [4.69, 9.17) is 0 Å². The van der Waals surface area contributed by atoms with Crippen LogP contribution >= 0.6 is 11.3 Å². The predicted molar refractivity (Wildman–Crippen MR) is 89.4 cm³/mol. The maximum atomic E-state index is 11.1. The summed E-state index contributed by atoms with van der Waals surface area (Å²) in [5, 5.41) is 25.9. The minimum atomic E-state index is -0.680. The molecule has 0 fully saturated rings. The number of hydrazone groups is 1. The van der Waals surface area contributed by atoms with E-state index in [2.05, 4.69) is 10.5 Å². The normalized spacial score (nSPS) is 11.3. The number of non-ortho nitro benzene ring substituents is 1. The van der Waals surface area contributed by atoms with Gasteiger partial charge in [-0.05, 0) is 32.9 Å². The minimum Gasteiger partial charge on any atom is -0.271 e. The van der Waals surface area contributed by atoms with Crippen molar-refractivity contribution in [2.45, 2.75) is 20.8 Å². The first kappa shape index (κ1) is 16.6. The number of benzene rings is 1. The Bertz CT molecular complexity index is 813. The number of nitro groups is 2. The molecule has 1 N–H and O–H groups in total. The monoisotopic (exact) mass is 334 g/mol. The maximum Gasteiger partial charge on any atom is 0.301 e. The standard InChI is InChI=1S/C14H14N4O4S/c1-8-6-12(10(3)23-8)9(2)15-16-13-5-4-11(17(19)20)7-14(13)18(21)22/h4-7,16H,1-3H3/b15-9-. The highest BCUT2D eigenvalue weighted by Gasteiger charge is 2.19. The first-order chi connectivity index (χ1) is 10.8. The zero-order valence-corrected chi connectivity index (χ0v) is 13.5. The summed E-state index contributed by atoms with van der Waals surface area (Å²) in [6, 6.07) is 5.37. The fourth-order valence-corrected chi connectivity index (χ4v) is 3.05. The Morgan fingerprint density at radius 2 is 1.87 bits per heavy atom. The molecule has 0 saturated heterocycles. The molecule has 8 nitrogen and oxygen atoms in total. The number of hydrogen-bond donors (Lipinski definition) is 1. The van der Waals surface area contributed by atoms with Crippen molar-refractivity contribution in [3.63, 3.8) is 0 Å². The van der Waals surface area contributed by atoms with Gasteiger partial charge in [-0.25, -0.2) is 0 Å². The number of aryl methyl sites for hydroxylation is 2. The highest BCUT2D eigenvalue weighted by atomic mass is 32.1. The van der Waals surface area contributed by atoms with E-state index in [0.29, 0.717) is 5.71 Å². The molecule has 23 heavy (non-hydrogen) atoms. The van der Waals surface area contributed by atoms with Crippen LogP contribution in [-0.4, -0.2) is 15.6 Å². The van der Waals surface area contributed by atoms with E-state index >= 15 is 0 Å². The second kappa shape index (κ2) is 6.53. The van der Waals surface area contributed by atoms with Gasteiger partial charge in [-0.15, -0.1) is 11.3 Å². The highest BCUT2D eigenvalue weighted by Crippen LogP contribution is 2.29. The summed E-state index contributed by atoms with van der Waals surface area (Å²) >= 11 is 1.64. The molecule has 2 rings (SSSR count). The van der Waals surface area contributed by atoms with Gasteiger partial charge in [0.05, 0.1) is 21.6 Å². The molecule has 2 aromatic rings. The quantitative estimate of drug-likeness (QED) is 0.504. The van der Waals surface area contributed by atoms with Gasteiger partial charge in [-0.3, -0.25) is 25.7 Å². The first-order valence-corrected chi connectivity index (χ1v) is 7.41. The Morgan fingerprint density at radius 1 is 1.17 bits per heavy atom. The summed E-state index contributed by atoms with van der Waals surface area (Å²) in [5.41, 5.74) is 3.63. The third-order valence-electron chi connectivity index (χ3n) is 3.16. The smallest absolute Gasteiger partial charge is 0.271 e. The number of thiophene rings is 1. The van der Waals surface area contributed by atoms with Crippen molar-refractivity contribution in [2.75, 3.05) is 5.43 Å². The third kappa shape index (κ3) is 3.69. The van der Waals surface area contributed by atoms with Gasteiger partial charge in [0.2, 0.25) is 0 Å². The fourth-order valence-electron chi connectivity index (χ4n) is 2.07. The lowest BCUT2D eigenvalue weighted by Crippen LogP contribution is -2.02. The van der Waals surface area contributed by atoms with Crippen LogP contribution in [0.3, 0.4) is 0 Å². The average molecular weight is 334 g/mol. The van der Waals surface area contributed by atoms with E-state index in [-0.39, 0.29) is 11.4 Å². The van der Waals surface area contributed by atoms with Crippen molar-refractivity contribution in [3.05, 3.63) is 59.8 Å².